The van der Waals surface area contributed by atoms with Crippen LogP contribution in [0.2, 0.25) is 0 Å². The van der Waals surface area contributed by atoms with Gasteiger partial charge < -0.3 is 14.4 Å². The Hall–Kier alpha value is -2.17. The Morgan fingerprint density at radius 2 is 1.80 bits per heavy atom. The second kappa shape index (κ2) is 6.98. The van der Waals surface area contributed by atoms with Gasteiger partial charge in [0.25, 0.3) is 0 Å². The number of hydrogen-bond acceptors (Lipinski definition) is 3. The zero-order valence-electron chi connectivity index (χ0n) is 14.3. The Kier molecular flexibility index (Phi) is 4.55. The lowest BCUT2D eigenvalue weighted by Gasteiger charge is -2.42. The normalized spacial score (nSPS) is 25.8. The molecule has 2 saturated heterocycles. The first-order valence-corrected chi connectivity index (χ1v) is 8.91. The molecule has 2 fully saturated rings. The highest BCUT2D eigenvalue weighted by molar-refractivity contribution is 5.78. The molecule has 2 aromatic carbocycles. The average Bonchev–Trinajstić information content (AvgIpc) is 3.04. The fourth-order valence-electron chi connectivity index (χ4n) is 3.90. The van der Waals surface area contributed by atoms with E-state index in [1.165, 1.54) is 0 Å². The summed E-state index contributed by atoms with van der Waals surface area (Å²) in [5.41, 5.74) is 1.64. The Bertz CT molecular complexity index is 718. The van der Waals surface area contributed by atoms with Gasteiger partial charge in [-0.3, -0.25) is 4.79 Å². The number of nitrogens with zero attached hydrogens (tertiary/aromatic N) is 1. The predicted octanol–water partition coefficient (Wildman–Crippen LogP) is 3.68. The van der Waals surface area contributed by atoms with E-state index in [4.69, 9.17) is 9.47 Å². The fourth-order valence-corrected chi connectivity index (χ4v) is 3.90. The van der Waals surface area contributed by atoms with Crippen LogP contribution in [0.5, 0.6) is 0 Å². The van der Waals surface area contributed by atoms with Gasteiger partial charge in [-0.05, 0) is 24.0 Å². The topological polar surface area (TPSA) is 38.8 Å². The lowest BCUT2D eigenvalue weighted by molar-refractivity contribution is -0.176. The maximum Gasteiger partial charge on any atom is 0.225 e. The van der Waals surface area contributed by atoms with Crippen LogP contribution in [-0.4, -0.2) is 29.7 Å². The summed E-state index contributed by atoms with van der Waals surface area (Å²) in [7, 11) is 0. The number of piperidine rings is 1. The average molecular weight is 337 g/mol. The van der Waals surface area contributed by atoms with E-state index in [0.717, 1.165) is 24.0 Å². The lowest BCUT2D eigenvalue weighted by atomic mass is 9.95. The monoisotopic (exact) mass is 337 g/mol. The van der Waals surface area contributed by atoms with Crippen molar-refractivity contribution in [1.82, 2.24) is 4.90 Å². The third-order valence-corrected chi connectivity index (χ3v) is 5.11. The van der Waals surface area contributed by atoms with Gasteiger partial charge in [-0.15, -0.1) is 0 Å². The predicted molar refractivity (Wildman–Crippen MR) is 94.7 cm³/mol. The van der Waals surface area contributed by atoms with Gasteiger partial charge in [-0.25, -0.2) is 0 Å². The minimum Gasteiger partial charge on any atom is -0.372 e. The third kappa shape index (κ3) is 3.20. The summed E-state index contributed by atoms with van der Waals surface area (Å²) in [6, 6.07) is 20.2. The minimum atomic E-state index is -0.620. The van der Waals surface area contributed by atoms with E-state index in [2.05, 4.69) is 12.1 Å². The van der Waals surface area contributed by atoms with E-state index in [9.17, 15) is 4.79 Å². The van der Waals surface area contributed by atoms with Crippen molar-refractivity contribution in [2.45, 2.75) is 37.6 Å². The van der Waals surface area contributed by atoms with E-state index in [-0.39, 0.29) is 11.9 Å². The number of hydrogen-bond donors (Lipinski definition) is 0. The molecule has 25 heavy (non-hydrogen) atoms. The first-order chi connectivity index (χ1) is 12.3. The van der Waals surface area contributed by atoms with Crippen LogP contribution in [0.3, 0.4) is 0 Å². The van der Waals surface area contributed by atoms with E-state index < -0.39 is 5.72 Å². The Balaban J connectivity index is 1.51. The number of ether oxygens (including phenoxy) is 2. The van der Waals surface area contributed by atoms with Crippen molar-refractivity contribution in [3.63, 3.8) is 0 Å². The molecule has 0 aromatic heterocycles. The van der Waals surface area contributed by atoms with E-state index in [0.29, 0.717) is 26.2 Å². The van der Waals surface area contributed by atoms with Gasteiger partial charge in [0.1, 0.15) is 0 Å². The largest absolute Gasteiger partial charge is 0.372 e. The van der Waals surface area contributed by atoms with Crippen molar-refractivity contribution in [2.75, 3.05) is 13.2 Å². The summed E-state index contributed by atoms with van der Waals surface area (Å²) < 4.78 is 12.2. The smallest absolute Gasteiger partial charge is 0.225 e. The minimum absolute atomic E-state index is 0.0191. The summed E-state index contributed by atoms with van der Waals surface area (Å²) >= 11 is 0. The maximum absolute atomic E-state index is 12.7. The molecule has 130 valence electrons. The van der Waals surface area contributed by atoms with Crippen LogP contribution in [0.15, 0.2) is 60.7 Å². The molecule has 4 heteroatoms. The third-order valence-electron chi connectivity index (χ3n) is 5.11. The Labute approximate surface area is 148 Å². The molecule has 2 heterocycles. The second-order valence-corrected chi connectivity index (χ2v) is 6.78. The molecule has 2 atom stereocenters. The van der Waals surface area contributed by atoms with Crippen LogP contribution >= 0.6 is 0 Å². The van der Waals surface area contributed by atoms with Crippen molar-refractivity contribution >= 4 is 5.91 Å². The molecule has 0 radical (unpaired) electrons. The molecule has 4 rings (SSSR count). The van der Waals surface area contributed by atoms with Crippen molar-refractivity contribution in [3.8, 4) is 0 Å². The van der Waals surface area contributed by atoms with Gasteiger partial charge in [-0.1, -0.05) is 60.7 Å². The first-order valence-electron chi connectivity index (χ1n) is 8.91. The van der Waals surface area contributed by atoms with E-state index in [1.54, 1.807) is 0 Å². The van der Waals surface area contributed by atoms with Gasteiger partial charge in [-0.2, -0.15) is 0 Å². The SMILES string of the molecule is O=C1CCC[C@]2(COCc3ccccc3)OC[C@@H](c3ccccc3)N12. The van der Waals surface area contributed by atoms with Gasteiger partial charge in [0.05, 0.1) is 25.9 Å². The standard InChI is InChI=1S/C21H23NO3/c23-20-12-7-13-21(16-24-14-17-8-3-1-4-9-17)22(20)19(15-25-21)18-10-5-2-6-11-18/h1-6,8-11,19H,7,12-16H2/t19-,21+/m0/s1. The van der Waals surface area contributed by atoms with E-state index >= 15 is 0 Å². The molecule has 2 aliphatic heterocycles. The zero-order chi connectivity index (χ0) is 17.1. The number of fused-ring (bicyclic) bond motifs is 1. The molecule has 4 nitrogen and oxygen atoms in total. The number of rotatable bonds is 5. The molecular formula is C21H23NO3. The highest BCUT2D eigenvalue weighted by Gasteiger charge is 2.52. The van der Waals surface area contributed by atoms with Crippen LogP contribution in [0, 0.1) is 0 Å². The van der Waals surface area contributed by atoms with Gasteiger partial charge in [0.2, 0.25) is 5.91 Å². The number of benzene rings is 2. The van der Waals surface area contributed by atoms with Crippen LogP contribution in [-0.2, 0) is 20.9 Å². The molecule has 0 unspecified atom stereocenters. The quantitative estimate of drug-likeness (QED) is 0.835. The summed E-state index contributed by atoms with van der Waals surface area (Å²) in [6.45, 7) is 1.48. The van der Waals surface area contributed by atoms with Crippen molar-refractivity contribution < 1.29 is 14.3 Å². The van der Waals surface area contributed by atoms with Crippen LogP contribution in [0.1, 0.15) is 36.4 Å². The zero-order valence-corrected chi connectivity index (χ0v) is 14.3. The lowest BCUT2D eigenvalue weighted by Crippen LogP contribution is -2.54. The molecule has 2 aliphatic rings. The molecule has 0 bridgehead atoms. The Morgan fingerprint density at radius 1 is 1.08 bits per heavy atom. The maximum atomic E-state index is 12.7. The summed E-state index contributed by atoms with van der Waals surface area (Å²) in [5, 5.41) is 0. The molecule has 1 amide bonds. The summed E-state index contributed by atoms with van der Waals surface area (Å²) in [6.07, 6.45) is 2.27. The van der Waals surface area contributed by atoms with Crippen LogP contribution in [0.25, 0.3) is 0 Å². The summed E-state index contributed by atoms with van der Waals surface area (Å²) in [5.74, 6) is 0.168. The fraction of sp³-hybridized carbons (Fsp3) is 0.381. The van der Waals surface area contributed by atoms with Gasteiger partial charge in [0.15, 0.2) is 5.72 Å². The van der Waals surface area contributed by atoms with Crippen LogP contribution < -0.4 is 0 Å². The van der Waals surface area contributed by atoms with E-state index in [1.807, 2.05) is 53.4 Å². The summed E-state index contributed by atoms with van der Waals surface area (Å²) in [4.78, 5) is 14.6. The van der Waals surface area contributed by atoms with Crippen LogP contribution in [0.4, 0.5) is 0 Å². The highest BCUT2D eigenvalue weighted by Crippen LogP contribution is 2.43. The van der Waals surface area contributed by atoms with Gasteiger partial charge in [0, 0.05) is 6.42 Å². The van der Waals surface area contributed by atoms with Crippen molar-refractivity contribution in [1.29, 1.82) is 0 Å². The first kappa shape index (κ1) is 16.3. The molecule has 0 saturated carbocycles. The molecule has 2 aromatic rings. The molecule has 0 spiro atoms. The number of carbonyl (C=O) groups excluding carboxylic acids is 1. The molecule has 0 aliphatic carbocycles. The van der Waals surface area contributed by atoms with Gasteiger partial charge >= 0.3 is 0 Å². The highest BCUT2D eigenvalue weighted by atomic mass is 16.6. The van der Waals surface area contributed by atoms with Crippen molar-refractivity contribution in [2.24, 2.45) is 0 Å². The Morgan fingerprint density at radius 3 is 2.56 bits per heavy atom. The number of amides is 1. The van der Waals surface area contributed by atoms with Crippen molar-refractivity contribution in [3.05, 3.63) is 71.8 Å². The molecular weight excluding hydrogens is 314 g/mol. The second-order valence-electron chi connectivity index (χ2n) is 6.78. The molecule has 0 N–H and O–H groups in total. The number of carbonyl (C=O) groups is 1.